The van der Waals surface area contributed by atoms with Crippen LogP contribution in [0.5, 0.6) is 0 Å². The first kappa shape index (κ1) is 12.1. The van der Waals surface area contributed by atoms with Gasteiger partial charge in [-0.25, -0.2) is 4.98 Å². The van der Waals surface area contributed by atoms with E-state index in [0.717, 1.165) is 5.56 Å². The van der Waals surface area contributed by atoms with Crippen molar-refractivity contribution in [1.82, 2.24) is 9.97 Å². The molecule has 0 saturated carbocycles. The molecule has 17 heavy (non-hydrogen) atoms. The molecule has 0 amide bonds. The van der Waals surface area contributed by atoms with Crippen molar-refractivity contribution in [3.8, 4) is 0 Å². The normalized spacial score (nSPS) is 14.6. The number of aromatic nitrogens is 2. The summed E-state index contributed by atoms with van der Waals surface area (Å²) in [7, 11) is 0. The van der Waals surface area contributed by atoms with Crippen molar-refractivity contribution < 1.29 is 5.11 Å². The Labute approximate surface area is 104 Å². The number of hydrogen-bond acceptors (Lipinski definition) is 3. The number of nitrogens with zero attached hydrogens (tertiary/aromatic N) is 1. The van der Waals surface area contributed by atoms with Crippen LogP contribution in [0.4, 0.5) is 0 Å². The van der Waals surface area contributed by atoms with Gasteiger partial charge >= 0.3 is 0 Å². The molecule has 90 valence electrons. The first-order valence-corrected chi connectivity index (χ1v) is 5.64. The van der Waals surface area contributed by atoms with Crippen LogP contribution < -0.4 is 5.73 Å². The zero-order chi connectivity index (χ0) is 12.5. The van der Waals surface area contributed by atoms with E-state index >= 15 is 0 Å². The molecule has 1 aromatic heterocycles. The van der Waals surface area contributed by atoms with E-state index < -0.39 is 5.60 Å². The molecule has 1 heterocycles. The molecule has 0 spiro atoms. The number of nitrogens with two attached hydrogens (primary N) is 1. The number of H-pyrrole nitrogens is 1. The smallest absolute Gasteiger partial charge is 0.144 e. The van der Waals surface area contributed by atoms with E-state index in [1.54, 1.807) is 31.5 Å². The van der Waals surface area contributed by atoms with Crippen molar-refractivity contribution in [2.45, 2.75) is 19.1 Å². The van der Waals surface area contributed by atoms with Gasteiger partial charge in [0, 0.05) is 24.0 Å². The zero-order valence-electron chi connectivity index (χ0n) is 9.44. The third-order valence-electron chi connectivity index (χ3n) is 2.79. The summed E-state index contributed by atoms with van der Waals surface area (Å²) in [6, 6.07) is 5.33. The van der Waals surface area contributed by atoms with Crippen LogP contribution in [0.1, 0.15) is 23.9 Å². The van der Waals surface area contributed by atoms with Crippen LogP contribution in [0, 0.1) is 0 Å². The number of aromatic amines is 1. The number of hydrogen-bond donors (Lipinski definition) is 3. The van der Waals surface area contributed by atoms with Gasteiger partial charge in [-0.05, 0) is 24.1 Å². The second kappa shape index (κ2) is 4.49. The summed E-state index contributed by atoms with van der Waals surface area (Å²) >= 11 is 6.08. The summed E-state index contributed by atoms with van der Waals surface area (Å²) in [4.78, 5) is 6.96. The van der Waals surface area contributed by atoms with Crippen LogP contribution >= 0.6 is 11.6 Å². The van der Waals surface area contributed by atoms with Gasteiger partial charge in [0.1, 0.15) is 11.4 Å². The van der Waals surface area contributed by atoms with Gasteiger partial charge in [-0.3, -0.25) is 0 Å². The molecular formula is C12H14ClN3O. The van der Waals surface area contributed by atoms with Crippen LogP contribution in [0.25, 0.3) is 0 Å². The monoisotopic (exact) mass is 251 g/mol. The van der Waals surface area contributed by atoms with E-state index in [2.05, 4.69) is 9.97 Å². The Hall–Kier alpha value is -1.36. The number of aliphatic hydroxyl groups is 1. The average molecular weight is 252 g/mol. The van der Waals surface area contributed by atoms with Gasteiger partial charge in [0.25, 0.3) is 0 Å². The highest BCUT2D eigenvalue weighted by Crippen LogP contribution is 2.29. The molecule has 1 aromatic carbocycles. The Bertz CT molecular complexity index is 508. The highest BCUT2D eigenvalue weighted by atomic mass is 35.5. The summed E-state index contributed by atoms with van der Waals surface area (Å²) < 4.78 is 0. The number of benzene rings is 1. The zero-order valence-corrected chi connectivity index (χ0v) is 10.2. The molecule has 4 N–H and O–H groups in total. The fourth-order valence-corrected chi connectivity index (χ4v) is 1.94. The largest absolute Gasteiger partial charge is 0.377 e. The lowest BCUT2D eigenvalue weighted by molar-refractivity contribution is 0.0931. The third-order valence-corrected chi connectivity index (χ3v) is 3.15. The molecular weight excluding hydrogens is 238 g/mol. The molecule has 2 rings (SSSR count). The van der Waals surface area contributed by atoms with Crippen LogP contribution in [0.15, 0.2) is 30.6 Å². The van der Waals surface area contributed by atoms with Crippen molar-refractivity contribution in [1.29, 1.82) is 0 Å². The predicted octanol–water partition coefficient (Wildman–Crippen LogP) is 1.78. The number of halogens is 1. The van der Waals surface area contributed by atoms with E-state index in [4.69, 9.17) is 17.3 Å². The Morgan fingerprint density at radius 1 is 1.53 bits per heavy atom. The van der Waals surface area contributed by atoms with E-state index in [9.17, 15) is 5.11 Å². The van der Waals surface area contributed by atoms with Gasteiger partial charge in [-0.2, -0.15) is 0 Å². The fourth-order valence-electron chi connectivity index (χ4n) is 1.68. The summed E-state index contributed by atoms with van der Waals surface area (Å²) in [5.74, 6) is 0.481. The molecule has 2 aromatic rings. The summed E-state index contributed by atoms with van der Waals surface area (Å²) in [5.41, 5.74) is 5.87. The molecule has 5 heteroatoms. The molecule has 0 aliphatic rings. The van der Waals surface area contributed by atoms with Gasteiger partial charge in [0.05, 0.1) is 0 Å². The van der Waals surface area contributed by atoms with E-state index in [0.29, 0.717) is 23.0 Å². The molecule has 0 radical (unpaired) electrons. The van der Waals surface area contributed by atoms with E-state index in [-0.39, 0.29) is 0 Å². The summed E-state index contributed by atoms with van der Waals surface area (Å²) in [6.45, 7) is 2.04. The van der Waals surface area contributed by atoms with Crippen LogP contribution in [0.3, 0.4) is 0 Å². The Kier molecular flexibility index (Phi) is 3.19. The molecule has 0 aliphatic heterocycles. The minimum atomic E-state index is -1.19. The van der Waals surface area contributed by atoms with Gasteiger partial charge in [-0.1, -0.05) is 23.7 Å². The minimum Gasteiger partial charge on any atom is -0.377 e. The topological polar surface area (TPSA) is 74.9 Å². The maximum absolute atomic E-state index is 10.5. The van der Waals surface area contributed by atoms with Gasteiger partial charge in [0.15, 0.2) is 0 Å². The number of rotatable bonds is 3. The SMILES string of the molecule is CC(O)(c1ccc(CN)c(Cl)c1)c1ncc[nH]1. The fraction of sp³-hybridized carbons (Fsp3) is 0.250. The maximum Gasteiger partial charge on any atom is 0.144 e. The first-order chi connectivity index (χ1) is 8.05. The van der Waals surface area contributed by atoms with Crippen molar-refractivity contribution >= 4 is 11.6 Å². The second-order valence-electron chi connectivity index (χ2n) is 4.02. The van der Waals surface area contributed by atoms with Crippen molar-refractivity contribution in [2.75, 3.05) is 0 Å². The minimum absolute atomic E-state index is 0.377. The second-order valence-corrected chi connectivity index (χ2v) is 4.43. The predicted molar refractivity (Wildman–Crippen MR) is 66.6 cm³/mol. The lowest BCUT2D eigenvalue weighted by Gasteiger charge is -2.22. The quantitative estimate of drug-likeness (QED) is 0.778. The van der Waals surface area contributed by atoms with E-state index in [1.165, 1.54) is 0 Å². The molecule has 1 atom stereocenters. The highest BCUT2D eigenvalue weighted by Gasteiger charge is 2.28. The van der Waals surface area contributed by atoms with Gasteiger partial charge in [-0.15, -0.1) is 0 Å². The van der Waals surface area contributed by atoms with Crippen molar-refractivity contribution in [3.05, 3.63) is 52.6 Å². The van der Waals surface area contributed by atoms with Crippen LogP contribution in [-0.2, 0) is 12.1 Å². The molecule has 0 saturated heterocycles. The average Bonchev–Trinajstić information content (AvgIpc) is 2.83. The van der Waals surface area contributed by atoms with Crippen molar-refractivity contribution in [3.63, 3.8) is 0 Å². The van der Waals surface area contributed by atoms with Gasteiger partial charge < -0.3 is 15.8 Å². The first-order valence-electron chi connectivity index (χ1n) is 5.27. The van der Waals surface area contributed by atoms with Crippen LogP contribution in [0.2, 0.25) is 5.02 Å². The lowest BCUT2D eigenvalue weighted by Crippen LogP contribution is -2.24. The molecule has 0 aliphatic carbocycles. The highest BCUT2D eigenvalue weighted by molar-refractivity contribution is 6.31. The summed E-state index contributed by atoms with van der Waals surface area (Å²) in [6.07, 6.45) is 3.26. The molecule has 4 nitrogen and oxygen atoms in total. The van der Waals surface area contributed by atoms with Crippen LogP contribution in [-0.4, -0.2) is 15.1 Å². The molecule has 0 bridgehead atoms. The van der Waals surface area contributed by atoms with Crippen molar-refractivity contribution in [2.24, 2.45) is 5.73 Å². The molecule has 1 unspecified atom stereocenters. The summed E-state index contributed by atoms with van der Waals surface area (Å²) in [5, 5.41) is 11.0. The molecule has 0 fully saturated rings. The lowest BCUT2D eigenvalue weighted by atomic mass is 9.94. The van der Waals surface area contributed by atoms with Gasteiger partial charge in [0.2, 0.25) is 0 Å². The Morgan fingerprint density at radius 2 is 2.29 bits per heavy atom. The Balaban J connectivity index is 2.43. The Morgan fingerprint density at radius 3 is 2.82 bits per heavy atom. The third kappa shape index (κ3) is 2.20. The maximum atomic E-state index is 10.5. The standard InChI is InChI=1S/C12H14ClN3O/c1-12(17,11-15-4-5-16-11)9-3-2-8(7-14)10(13)6-9/h2-6,17H,7,14H2,1H3,(H,15,16). The van der Waals surface area contributed by atoms with E-state index in [1.807, 2.05) is 6.07 Å². The number of imidazole rings is 1. The number of nitrogens with one attached hydrogen (secondary N) is 1.